The normalized spacial score (nSPS) is 16.3. The second-order valence-corrected chi connectivity index (χ2v) is 9.90. The minimum absolute atomic E-state index is 0.182. The van der Waals surface area contributed by atoms with Gasteiger partial charge >= 0.3 is 0 Å². The first kappa shape index (κ1) is 25.9. The Kier molecular flexibility index (Phi) is 6.99. The molecule has 3 aromatic heterocycles. The Morgan fingerprint density at radius 3 is 2.71 bits per heavy atom. The molecule has 0 aliphatic carbocycles. The van der Waals surface area contributed by atoms with Crippen molar-refractivity contribution in [3.05, 3.63) is 99.5 Å². The van der Waals surface area contributed by atoms with Gasteiger partial charge in [0.15, 0.2) is 5.69 Å². The summed E-state index contributed by atoms with van der Waals surface area (Å²) in [5, 5.41) is 15.5. The van der Waals surface area contributed by atoms with Crippen LogP contribution in [0.5, 0.6) is 5.88 Å². The van der Waals surface area contributed by atoms with Crippen molar-refractivity contribution in [2.45, 2.75) is 19.5 Å². The molecule has 0 unspecified atom stereocenters. The smallest absolute Gasteiger partial charge is 0.274 e. The van der Waals surface area contributed by atoms with Crippen molar-refractivity contribution < 1.29 is 9.53 Å². The molecule has 6 rings (SSSR count). The van der Waals surface area contributed by atoms with E-state index in [9.17, 15) is 9.59 Å². The number of hydrogen-bond acceptors (Lipinski definition) is 10. The number of H-pyrrole nitrogens is 1. The highest BCUT2D eigenvalue weighted by atomic mass is 16.5. The maximum absolute atomic E-state index is 13.3. The molecular weight excluding hydrogens is 522 g/mol. The summed E-state index contributed by atoms with van der Waals surface area (Å²) in [7, 11) is 0. The Labute approximate surface area is 235 Å². The second-order valence-electron chi connectivity index (χ2n) is 9.90. The number of anilines is 2. The highest BCUT2D eigenvalue weighted by Crippen LogP contribution is 2.38. The Bertz CT molecular complexity index is 1670. The van der Waals surface area contributed by atoms with E-state index in [2.05, 4.69) is 53.2 Å². The summed E-state index contributed by atoms with van der Waals surface area (Å²) >= 11 is 0. The average Bonchev–Trinajstić information content (AvgIpc) is 3.39. The molecule has 1 aromatic carbocycles. The number of piperazine rings is 1. The maximum Gasteiger partial charge on any atom is 0.274 e. The summed E-state index contributed by atoms with van der Waals surface area (Å²) in [5.74, 6) is 0.815. The van der Waals surface area contributed by atoms with Crippen LogP contribution in [0, 0.1) is 18.3 Å². The van der Waals surface area contributed by atoms with Gasteiger partial charge in [0.1, 0.15) is 18.5 Å². The summed E-state index contributed by atoms with van der Waals surface area (Å²) < 4.78 is 6.11. The minimum Gasteiger partial charge on any atom is -0.474 e. The van der Waals surface area contributed by atoms with E-state index in [1.807, 2.05) is 18.2 Å². The zero-order valence-electron chi connectivity index (χ0n) is 22.4. The number of amides is 1. The largest absolute Gasteiger partial charge is 0.474 e. The number of aromatic nitrogens is 5. The van der Waals surface area contributed by atoms with E-state index < -0.39 is 0 Å². The first-order valence-electron chi connectivity index (χ1n) is 13.3. The highest BCUT2D eigenvalue weighted by molar-refractivity contribution is 5.92. The molecule has 0 spiro atoms. The molecule has 2 aliphatic rings. The molecule has 12 heteroatoms. The summed E-state index contributed by atoms with van der Waals surface area (Å²) in [6, 6.07) is 13.5. The third-order valence-corrected chi connectivity index (χ3v) is 7.51. The Morgan fingerprint density at radius 2 is 1.93 bits per heavy atom. The Hall–Kier alpha value is -5.31. The van der Waals surface area contributed by atoms with Crippen molar-refractivity contribution in [1.29, 1.82) is 5.26 Å². The lowest BCUT2D eigenvalue weighted by Gasteiger charge is -2.35. The van der Waals surface area contributed by atoms with E-state index in [-0.39, 0.29) is 35.7 Å². The van der Waals surface area contributed by atoms with Crippen molar-refractivity contribution in [2.24, 2.45) is 0 Å². The molecule has 1 amide bonds. The lowest BCUT2D eigenvalue weighted by atomic mass is 10.1. The number of ether oxygens (including phenoxy) is 1. The van der Waals surface area contributed by atoms with Crippen molar-refractivity contribution in [3.63, 3.8) is 0 Å². The fourth-order valence-electron chi connectivity index (χ4n) is 5.26. The molecule has 1 fully saturated rings. The molecule has 5 heterocycles. The zero-order chi connectivity index (χ0) is 28.3. The van der Waals surface area contributed by atoms with E-state index in [0.29, 0.717) is 43.9 Å². The lowest BCUT2D eigenvalue weighted by Crippen LogP contribution is -2.49. The summed E-state index contributed by atoms with van der Waals surface area (Å²) in [6.45, 7) is 4.87. The minimum atomic E-state index is -0.232. The van der Waals surface area contributed by atoms with Gasteiger partial charge in [-0.05, 0) is 30.2 Å². The molecule has 2 aliphatic heterocycles. The number of nitriles is 1. The summed E-state index contributed by atoms with van der Waals surface area (Å²) in [5.41, 5.74) is 4.06. The van der Waals surface area contributed by atoms with Crippen LogP contribution in [0.15, 0.2) is 66.0 Å². The van der Waals surface area contributed by atoms with Gasteiger partial charge in [0.05, 0.1) is 35.9 Å². The van der Waals surface area contributed by atoms with E-state index >= 15 is 0 Å². The first-order chi connectivity index (χ1) is 20.0. The number of carbonyl (C=O) groups excluding carboxylic acids is 1. The van der Waals surface area contributed by atoms with Crippen LogP contribution < -0.4 is 20.1 Å². The van der Waals surface area contributed by atoms with Crippen LogP contribution in [-0.4, -0.2) is 68.7 Å². The lowest BCUT2D eigenvalue weighted by molar-refractivity contribution is 0.0738. The predicted molar refractivity (Wildman–Crippen MR) is 150 cm³/mol. The van der Waals surface area contributed by atoms with Crippen molar-refractivity contribution in [3.8, 4) is 11.9 Å². The number of rotatable bonds is 6. The number of hydrogen-bond donors (Lipinski definition) is 1. The van der Waals surface area contributed by atoms with Gasteiger partial charge in [0.2, 0.25) is 5.88 Å². The van der Waals surface area contributed by atoms with Gasteiger partial charge in [-0.25, -0.2) is 15.1 Å². The molecule has 0 saturated carbocycles. The average molecular weight is 550 g/mol. The van der Waals surface area contributed by atoms with Crippen LogP contribution in [0.3, 0.4) is 0 Å². The number of fused-ring (bicyclic) bond motifs is 1. The second kappa shape index (κ2) is 11.1. The van der Waals surface area contributed by atoms with Crippen molar-refractivity contribution in [2.75, 3.05) is 42.6 Å². The SMILES string of the molecule is Cc1c(N2Cc3ccccc3[C@H]2COc2cncc(C(=O)N3CCN(c4ccc(C#N)cn4)CC3)n2)cn[nH]c1=O. The standard InChI is InChI=1S/C29H27N9O3/c1-19-24(15-33-35-28(19)39)38-17-21-4-2-3-5-22(21)25(38)18-41-27-16-31-14-23(34-27)29(40)37-10-8-36(9-11-37)26-7-6-20(12-30)13-32-26/h2-7,13-16,25H,8-11,17-18H2,1H3,(H,35,39)/t25-/m1/s1. The molecule has 0 bridgehead atoms. The molecule has 1 N–H and O–H groups in total. The van der Waals surface area contributed by atoms with Crippen LogP contribution in [0.2, 0.25) is 0 Å². The fourth-order valence-corrected chi connectivity index (χ4v) is 5.26. The van der Waals surface area contributed by atoms with Crippen molar-refractivity contribution in [1.82, 2.24) is 30.0 Å². The summed E-state index contributed by atoms with van der Waals surface area (Å²) in [6.07, 6.45) is 6.16. The van der Waals surface area contributed by atoms with Gasteiger partial charge in [-0.15, -0.1) is 0 Å². The summed E-state index contributed by atoms with van der Waals surface area (Å²) in [4.78, 5) is 44.5. The van der Waals surface area contributed by atoms with Crippen LogP contribution in [0.1, 0.15) is 38.8 Å². The Morgan fingerprint density at radius 1 is 1.10 bits per heavy atom. The molecule has 1 saturated heterocycles. The molecular formula is C29H27N9O3. The Balaban J connectivity index is 1.13. The maximum atomic E-state index is 13.3. The first-order valence-corrected chi connectivity index (χ1v) is 13.3. The number of nitrogens with zero attached hydrogens (tertiary/aromatic N) is 8. The van der Waals surface area contributed by atoms with Gasteiger partial charge in [-0.2, -0.15) is 10.4 Å². The molecule has 4 aromatic rings. The topological polar surface area (TPSA) is 144 Å². The molecule has 41 heavy (non-hydrogen) atoms. The number of pyridine rings is 1. The number of nitrogens with one attached hydrogen (secondary N) is 1. The zero-order valence-corrected chi connectivity index (χ0v) is 22.4. The van der Waals surface area contributed by atoms with Crippen LogP contribution in [0.4, 0.5) is 11.5 Å². The monoisotopic (exact) mass is 549 g/mol. The van der Waals surface area contributed by atoms with Gasteiger partial charge in [-0.1, -0.05) is 24.3 Å². The fraction of sp³-hybridized carbons (Fsp3) is 0.276. The van der Waals surface area contributed by atoms with Gasteiger partial charge < -0.3 is 19.4 Å². The number of benzene rings is 1. The predicted octanol–water partition coefficient (Wildman–Crippen LogP) is 2.24. The van der Waals surface area contributed by atoms with E-state index in [0.717, 1.165) is 22.6 Å². The van der Waals surface area contributed by atoms with Gasteiger partial charge in [0, 0.05) is 44.5 Å². The molecule has 12 nitrogen and oxygen atoms in total. The highest BCUT2D eigenvalue weighted by Gasteiger charge is 2.32. The molecule has 0 radical (unpaired) electrons. The van der Waals surface area contributed by atoms with Crippen LogP contribution in [0.25, 0.3) is 0 Å². The van der Waals surface area contributed by atoms with E-state index in [4.69, 9.17) is 10.00 Å². The third kappa shape index (κ3) is 5.17. The van der Waals surface area contributed by atoms with E-state index in [1.54, 1.807) is 30.3 Å². The van der Waals surface area contributed by atoms with Crippen molar-refractivity contribution >= 4 is 17.4 Å². The van der Waals surface area contributed by atoms with Crippen LogP contribution in [-0.2, 0) is 6.54 Å². The molecule has 206 valence electrons. The van der Waals surface area contributed by atoms with Gasteiger partial charge in [0.25, 0.3) is 11.5 Å². The van der Waals surface area contributed by atoms with E-state index in [1.165, 1.54) is 12.4 Å². The number of carbonyl (C=O) groups is 1. The third-order valence-electron chi connectivity index (χ3n) is 7.51. The quantitative estimate of drug-likeness (QED) is 0.380. The molecule has 1 atom stereocenters. The van der Waals surface area contributed by atoms with Crippen LogP contribution >= 0.6 is 0 Å². The van der Waals surface area contributed by atoms with Gasteiger partial charge in [-0.3, -0.25) is 14.6 Å². The number of aromatic amines is 1.